The fourth-order valence-corrected chi connectivity index (χ4v) is 6.53. The maximum Gasteiger partial charge on any atom is 0.265 e. The van der Waals surface area contributed by atoms with Crippen molar-refractivity contribution in [2.24, 2.45) is 0 Å². The fraction of sp³-hybridized carbons (Fsp3) is 0.269. The molecule has 1 fully saturated rings. The van der Waals surface area contributed by atoms with Gasteiger partial charge in [-0.1, -0.05) is 54.6 Å². The molecule has 0 bridgehead atoms. The summed E-state index contributed by atoms with van der Waals surface area (Å²) in [6.45, 7) is 0.729. The Labute approximate surface area is 199 Å². The number of hydrogen-bond acceptors (Lipinski definition) is 6. The molecule has 1 aliphatic heterocycles. The first-order chi connectivity index (χ1) is 16.4. The molecule has 1 aliphatic rings. The number of methoxy groups -OCH3 is 1. The Balaban J connectivity index is 1.67. The third-order valence-electron chi connectivity index (χ3n) is 6.46. The lowest BCUT2D eigenvalue weighted by atomic mass is 9.96. The molecule has 0 atom stereocenters. The van der Waals surface area contributed by atoms with Gasteiger partial charge in [-0.2, -0.15) is 0 Å². The lowest BCUT2D eigenvalue weighted by Gasteiger charge is -2.34. The van der Waals surface area contributed by atoms with Crippen LogP contribution in [-0.2, 0) is 21.1 Å². The van der Waals surface area contributed by atoms with Crippen LogP contribution >= 0.6 is 0 Å². The summed E-state index contributed by atoms with van der Waals surface area (Å²) in [5.41, 5.74) is 5.49. The first-order valence-corrected chi connectivity index (χ1v) is 12.6. The second-order valence-corrected chi connectivity index (χ2v) is 10.7. The van der Waals surface area contributed by atoms with Crippen LogP contribution < -0.4 is 15.5 Å². The van der Waals surface area contributed by atoms with Gasteiger partial charge < -0.3 is 10.1 Å². The van der Waals surface area contributed by atoms with E-state index in [1.165, 1.54) is 6.07 Å². The van der Waals surface area contributed by atoms with Crippen molar-refractivity contribution >= 4 is 15.7 Å². The van der Waals surface area contributed by atoms with Crippen LogP contribution in [0.1, 0.15) is 24.0 Å². The number of rotatable bonds is 7. The van der Waals surface area contributed by atoms with Gasteiger partial charge in [-0.3, -0.25) is 10.0 Å². The number of sulfone groups is 1. The fourth-order valence-electron chi connectivity index (χ4n) is 4.50. The number of hydrogen-bond donors (Lipinski definition) is 3. The quantitative estimate of drug-likeness (QED) is 0.354. The second-order valence-electron chi connectivity index (χ2n) is 8.40. The van der Waals surface area contributed by atoms with Gasteiger partial charge in [-0.05, 0) is 66.4 Å². The molecule has 0 aromatic heterocycles. The molecule has 8 heteroatoms. The molecule has 4 rings (SSSR count). The largest absolute Gasteiger partial charge is 0.496 e. The zero-order valence-corrected chi connectivity index (χ0v) is 19.8. The van der Waals surface area contributed by atoms with Crippen molar-refractivity contribution in [2.75, 3.05) is 20.2 Å². The van der Waals surface area contributed by atoms with Crippen molar-refractivity contribution in [1.82, 2.24) is 10.8 Å². The molecule has 0 spiro atoms. The first-order valence-electron chi connectivity index (χ1n) is 11.1. The Morgan fingerprint density at radius 1 is 1.00 bits per heavy atom. The zero-order chi connectivity index (χ0) is 24.2. The summed E-state index contributed by atoms with van der Waals surface area (Å²) < 4.78 is 31.1. The summed E-state index contributed by atoms with van der Waals surface area (Å²) >= 11 is 0. The van der Waals surface area contributed by atoms with E-state index in [0.29, 0.717) is 30.8 Å². The monoisotopic (exact) mass is 480 g/mol. The Morgan fingerprint density at radius 2 is 1.65 bits per heavy atom. The minimum atomic E-state index is -4.09. The average Bonchev–Trinajstić information content (AvgIpc) is 2.89. The van der Waals surface area contributed by atoms with Crippen molar-refractivity contribution in [1.29, 1.82) is 0 Å². The van der Waals surface area contributed by atoms with Crippen molar-refractivity contribution in [3.05, 3.63) is 83.9 Å². The highest BCUT2D eigenvalue weighted by atomic mass is 32.2. The summed E-state index contributed by atoms with van der Waals surface area (Å²) in [5.74, 6) is -0.333. The van der Waals surface area contributed by atoms with E-state index in [9.17, 15) is 18.4 Å². The van der Waals surface area contributed by atoms with Crippen LogP contribution in [0.25, 0.3) is 11.1 Å². The third kappa shape index (κ3) is 4.44. The molecule has 3 N–H and O–H groups in total. The van der Waals surface area contributed by atoms with Crippen LogP contribution in [0, 0.1) is 0 Å². The molecule has 0 unspecified atom stereocenters. The molecule has 34 heavy (non-hydrogen) atoms. The molecular weight excluding hydrogens is 452 g/mol. The summed E-state index contributed by atoms with van der Waals surface area (Å²) in [6, 6.07) is 22.8. The van der Waals surface area contributed by atoms with E-state index in [1.807, 2.05) is 54.6 Å². The summed E-state index contributed by atoms with van der Waals surface area (Å²) in [4.78, 5) is 12.6. The van der Waals surface area contributed by atoms with E-state index in [2.05, 4.69) is 5.32 Å². The van der Waals surface area contributed by atoms with Crippen LogP contribution in [0.2, 0.25) is 0 Å². The van der Waals surface area contributed by atoms with Crippen molar-refractivity contribution in [3.8, 4) is 16.9 Å². The maximum atomic E-state index is 13.7. The first kappa shape index (κ1) is 23.9. The predicted octanol–water partition coefficient (Wildman–Crippen LogP) is 3.35. The molecule has 3 aromatic carbocycles. The van der Waals surface area contributed by atoms with E-state index in [-0.39, 0.29) is 17.7 Å². The standard InChI is InChI=1S/C26H28N2O5S/c1-33-24-12-11-23(34(31,32)26(25(29)28-30)13-15-27-16-14-26)18-22(24)17-19-7-9-21(10-8-19)20-5-3-2-4-6-20/h2-12,18,27,30H,13-17H2,1H3,(H,28,29). The molecule has 0 aliphatic carbocycles. The van der Waals surface area contributed by atoms with Crippen LogP contribution in [0.4, 0.5) is 0 Å². The molecule has 1 saturated heterocycles. The Kier molecular flexibility index (Phi) is 7.02. The summed E-state index contributed by atoms with van der Waals surface area (Å²) in [7, 11) is -2.54. The smallest absolute Gasteiger partial charge is 0.265 e. The Bertz CT molecular complexity index is 1250. The highest BCUT2D eigenvalue weighted by Crippen LogP contribution is 2.36. The third-order valence-corrected chi connectivity index (χ3v) is 8.96. The SMILES string of the molecule is COc1ccc(S(=O)(=O)C2(C(=O)NO)CCNCC2)cc1Cc1ccc(-c2ccccc2)cc1. The van der Waals surface area contributed by atoms with Crippen LogP contribution in [-0.4, -0.2) is 44.5 Å². The topological polar surface area (TPSA) is 105 Å². The van der Waals surface area contributed by atoms with Gasteiger partial charge in [0.25, 0.3) is 5.91 Å². The van der Waals surface area contributed by atoms with E-state index >= 15 is 0 Å². The molecule has 3 aromatic rings. The van der Waals surface area contributed by atoms with Crippen molar-refractivity contribution in [2.45, 2.75) is 28.9 Å². The Hall–Kier alpha value is -3.20. The molecule has 0 radical (unpaired) electrons. The number of nitrogens with one attached hydrogen (secondary N) is 2. The van der Waals surface area contributed by atoms with Crippen LogP contribution in [0.5, 0.6) is 5.75 Å². The number of benzene rings is 3. The number of carbonyl (C=O) groups excluding carboxylic acids is 1. The average molecular weight is 481 g/mol. The van der Waals surface area contributed by atoms with Gasteiger partial charge in [0, 0.05) is 6.42 Å². The number of carbonyl (C=O) groups is 1. The predicted molar refractivity (Wildman–Crippen MR) is 130 cm³/mol. The van der Waals surface area contributed by atoms with E-state index in [1.54, 1.807) is 24.7 Å². The minimum absolute atomic E-state index is 0.0368. The molecule has 0 saturated carbocycles. The normalized spacial score (nSPS) is 15.5. The maximum absolute atomic E-state index is 13.7. The van der Waals surface area contributed by atoms with Crippen LogP contribution in [0.3, 0.4) is 0 Å². The van der Waals surface area contributed by atoms with E-state index in [0.717, 1.165) is 16.7 Å². The number of amides is 1. The summed E-state index contributed by atoms with van der Waals surface area (Å²) in [6.07, 6.45) is 0.608. The number of piperidine rings is 1. The lowest BCUT2D eigenvalue weighted by Crippen LogP contribution is -2.57. The number of hydroxylamine groups is 1. The lowest BCUT2D eigenvalue weighted by molar-refractivity contribution is -0.132. The second kappa shape index (κ2) is 9.97. The van der Waals surface area contributed by atoms with Gasteiger partial charge in [0.1, 0.15) is 5.75 Å². The molecular formula is C26H28N2O5S. The minimum Gasteiger partial charge on any atom is -0.496 e. The zero-order valence-electron chi connectivity index (χ0n) is 19.0. The van der Waals surface area contributed by atoms with Crippen molar-refractivity contribution < 1.29 is 23.2 Å². The van der Waals surface area contributed by atoms with E-state index in [4.69, 9.17) is 4.74 Å². The van der Waals surface area contributed by atoms with Crippen LogP contribution in [0.15, 0.2) is 77.7 Å². The highest BCUT2D eigenvalue weighted by Gasteiger charge is 2.51. The molecule has 1 amide bonds. The molecule has 178 valence electrons. The number of ether oxygens (including phenoxy) is 1. The van der Waals surface area contributed by atoms with Gasteiger partial charge in [0.15, 0.2) is 14.6 Å². The summed E-state index contributed by atoms with van der Waals surface area (Å²) in [5, 5.41) is 12.4. The van der Waals surface area contributed by atoms with Gasteiger partial charge >= 0.3 is 0 Å². The van der Waals surface area contributed by atoms with Crippen molar-refractivity contribution in [3.63, 3.8) is 0 Å². The molecule has 7 nitrogen and oxygen atoms in total. The Morgan fingerprint density at radius 3 is 2.26 bits per heavy atom. The van der Waals surface area contributed by atoms with Gasteiger partial charge in [0.2, 0.25) is 0 Å². The van der Waals surface area contributed by atoms with Gasteiger partial charge in [-0.25, -0.2) is 13.9 Å². The highest BCUT2D eigenvalue weighted by molar-refractivity contribution is 7.93. The van der Waals surface area contributed by atoms with Gasteiger partial charge in [-0.15, -0.1) is 0 Å². The molecule has 1 heterocycles. The van der Waals surface area contributed by atoms with E-state index < -0.39 is 20.5 Å². The van der Waals surface area contributed by atoms with Gasteiger partial charge in [0.05, 0.1) is 12.0 Å².